The van der Waals surface area contributed by atoms with E-state index < -0.39 is 17.0 Å². The molecule has 5 heteroatoms. The predicted molar refractivity (Wildman–Crippen MR) is 130 cm³/mol. The molecule has 3 aromatic rings. The molecular weight excluding hydrogens is 430 g/mol. The fourth-order valence-electron chi connectivity index (χ4n) is 5.38. The molecule has 1 aliphatic rings. The molecule has 1 saturated heterocycles. The van der Waals surface area contributed by atoms with Crippen molar-refractivity contribution in [1.82, 2.24) is 0 Å². The first-order chi connectivity index (χ1) is 16.3. The van der Waals surface area contributed by atoms with Gasteiger partial charge in [-0.05, 0) is 23.3 Å². The molecule has 2 unspecified atom stereocenters. The molecule has 2 atom stereocenters. The molecule has 1 aliphatic heterocycles. The quantitative estimate of drug-likeness (QED) is 0.423. The number of benzene rings is 3. The summed E-state index contributed by atoms with van der Waals surface area (Å²) in [7, 11) is 2.17. The van der Waals surface area contributed by atoms with Crippen LogP contribution in [0.5, 0.6) is 0 Å². The lowest BCUT2D eigenvalue weighted by Crippen LogP contribution is -2.51. The fraction of sp³-hybridized carbons (Fsp3) is 0.276. The first kappa shape index (κ1) is 23.7. The van der Waals surface area contributed by atoms with E-state index in [4.69, 9.17) is 5.73 Å². The van der Waals surface area contributed by atoms with E-state index in [0.29, 0.717) is 12.0 Å². The second-order valence-electron chi connectivity index (χ2n) is 9.35. The van der Waals surface area contributed by atoms with E-state index in [1.807, 2.05) is 60.7 Å². The summed E-state index contributed by atoms with van der Waals surface area (Å²) in [6, 6.07) is 22.9. The average Bonchev–Trinajstić information content (AvgIpc) is 3.20. The van der Waals surface area contributed by atoms with Gasteiger partial charge in [-0.1, -0.05) is 72.5 Å². The summed E-state index contributed by atoms with van der Waals surface area (Å²) in [6.45, 7) is 2.46. The Labute approximate surface area is 199 Å². The molecular formula is C29H29F2N2O+. The summed E-state index contributed by atoms with van der Waals surface area (Å²) in [6.07, 6.45) is 1.44. The molecule has 0 aromatic heterocycles. The number of carbonyl (C=O) groups is 1. The smallest absolute Gasteiger partial charge is 0.233 e. The monoisotopic (exact) mass is 459 g/mol. The van der Waals surface area contributed by atoms with Gasteiger partial charge in [-0.15, -0.1) is 0 Å². The third kappa shape index (κ3) is 4.73. The van der Waals surface area contributed by atoms with E-state index in [1.54, 1.807) is 0 Å². The van der Waals surface area contributed by atoms with Crippen LogP contribution in [0.25, 0.3) is 0 Å². The lowest BCUT2D eigenvalue weighted by Gasteiger charge is -2.38. The maximum atomic E-state index is 13.4. The van der Waals surface area contributed by atoms with Crippen LogP contribution >= 0.6 is 0 Å². The summed E-state index contributed by atoms with van der Waals surface area (Å²) in [4.78, 5) is 13.2. The molecule has 2 N–H and O–H groups in total. The zero-order valence-electron chi connectivity index (χ0n) is 19.3. The largest absolute Gasteiger partial charge is 0.369 e. The van der Waals surface area contributed by atoms with Crippen molar-refractivity contribution in [3.05, 3.63) is 107 Å². The van der Waals surface area contributed by atoms with Gasteiger partial charge in [0.15, 0.2) is 0 Å². The van der Waals surface area contributed by atoms with Crippen LogP contribution in [0.2, 0.25) is 0 Å². The van der Waals surface area contributed by atoms with Gasteiger partial charge < -0.3 is 10.2 Å². The van der Waals surface area contributed by atoms with Gasteiger partial charge >= 0.3 is 0 Å². The van der Waals surface area contributed by atoms with Gasteiger partial charge in [-0.3, -0.25) is 4.79 Å². The SMILES string of the molecule is C[N+]1(CCC#Cc2cc(F)cc(F)c2)CCC(C(C(N)=O)(c2ccccc2)c2ccccc2)C1. The van der Waals surface area contributed by atoms with Crippen LogP contribution in [0.3, 0.4) is 0 Å². The minimum Gasteiger partial charge on any atom is -0.369 e. The molecule has 34 heavy (non-hydrogen) atoms. The Balaban J connectivity index is 1.58. The number of carbonyl (C=O) groups excluding carboxylic acids is 1. The van der Waals surface area contributed by atoms with E-state index in [0.717, 1.165) is 47.7 Å². The molecule has 0 spiro atoms. The van der Waals surface area contributed by atoms with Crippen molar-refractivity contribution in [2.75, 3.05) is 26.7 Å². The Morgan fingerprint density at radius 3 is 2.09 bits per heavy atom. The zero-order valence-corrected chi connectivity index (χ0v) is 19.3. The summed E-state index contributed by atoms with van der Waals surface area (Å²) < 4.78 is 27.5. The van der Waals surface area contributed by atoms with Crippen LogP contribution in [0.4, 0.5) is 8.78 Å². The van der Waals surface area contributed by atoms with Gasteiger partial charge in [0, 0.05) is 24.0 Å². The van der Waals surface area contributed by atoms with E-state index in [2.05, 4.69) is 18.9 Å². The third-order valence-corrected chi connectivity index (χ3v) is 7.01. The number of rotatable bonds is 6. The molecule has 3 nitrogen and oxygen atoms in total. The van der Waals surface area contributed by atoms with E-state index in [-0.39, 0.29) is 11.8 Å². The van der Waals surface area contributed by atoms with Gasteiger partial charge in [0.2, 0.25) is 5.91 Å². The Morgan fingerprint density at radius 1 is 1.00 bits per heavy atom. The van der Waals surface area contributed by atoms with Crippen LogP contribution in [-0.4, -0.2) is 37.1 Å². The highest BCUT2D eigenvalue weighted by Gasteiger charge is 2.53. The summed E-state index contributed by atoms with van der Waals surface area (Å²) in [5.74, 6) is 4.36. The van der Waals surface area contributed by atoms with Crippen LogP contribution < -0.4 is 5.73 Å². The maximum Gasteiger partial charge on any atom is 0.233 e. The minimum atomic E-state index is -0.913. The average molecular weight is 460 g/mol. The topological polar surface area (TPSA) is 43.1 Å². The normalized spacial score (nSPS) is 19.9. The maximum absolute atomic E-state index is 13.4. The molecule has 0 aliphatic carbocycles. The number of nitrogens with two attached hydrogens (primary N) is 1. The van der Waals surface area contributed by atoms with Crippen LogP contribution in [0, 0.1) is 29.4 Å². The number of halogens is 2. The fourth-order valence-corrected chi connectivity index (χ4v) is 5.38. The van der Waals surface area contributed by atoms with Crippen molar-refractivity contribution >= 4 is 5.91 Å². The van der Waals surface area contributed by atoms with Gasteiger partial charge in [0.1, 0.15) is 17.0 Å². The standard InChI is InChI=1S/C29H28F2N2O/c1-33(16-9-8-10-22-18-26(30)20-27(31)19-22)17-15-25(21-33)29(28(32)34,23-11-4-2-5-12-23)24-13-6-3-7-14-24/h2-7,11-14,18-20,25H,9,15-17,21H2,1H3,(H-,32,34)/p+1. The minimum absolute atomic E-state index is 0.0325. The highest BCUT2D eigenvalue weighted by molar-refractivity contribution is 5.91. The zero-order chi connectivity index (χ0) is 24.2. The number of hydrogen-bond donors (Lipinski definition) is 1. The number of nitrogens with zero attached hydrogens (tertiary/aromatic N) is 1. The number of amides is 1. The Morgan fingerprint density at radius 2 is 1.56 bits per heavy atom. The van der Waals surface area contributed by atoms with Gasteiger partial charge in [-0.2, -0.15) is 0 Å². The molecule has 1 fully saturated rings. The Kier molecular flexibility index (Phi) is 6.81. The van der Waals surface area contributed by atoms with Gasteiger partial charge in [-0.25, -0.2) is 8.78 Å². The number of primary amides is 1. The molecule has 1 heterocycles. The van der Waals surface area contributed by atoms with Crippen molar-refractivity contribution in [2.45, 2.75) is 18.3 Å². The van der Waals surface area contributed by atoms with Crippen molar-refractivity contribution in [2.24, 2.45) is 11.7 Å². The number of quaternary nitrogens is 1. The summed E-state index contributed by atoms with van der Waals surface area (Å²) >= 11 is 0. The van der Waals surface area contributed by atoms with Crippen molar-refractivity contribution < 1.29 is 18.1 Å². The third-order valence-electron chi connectivity index (χ3n) is 7.01. The summed E-state index contributed by atoms with van der Waals surface area (Å²) in [5, 5.41) is 0. The second kappa shape index (κ2) is 9.79. The lowest BCUT2D eigenvalue weighted by atomic mass is 9.64. The highest BCUT2D eigenvalue weighted by atomic mass is 19.1. The van der Waals surface area contributed by atoms with Crippen LogP contribution in [0.15, 0.2) is 78.9 Å². The molecule has 4 rings (SSSR count). The molecule has 174 valence electrons. The molecule has 0 radical (unpaired) electrons. The Bertz CT molecular complexity index is 1160. The number of hydrogen-bond acceptors (Lipinski definition) is 1. The van der Waals surface area contributed by atoms with Gasteiger partial charge in [0.05, 0.1) is 33.1 Å². The van der Waals surface area contributed by atoms with E-state index in [1.165, 1.54) is 12.1 Å². The Hall–Kier alpha value is -3.49. The summed E-state index contributed by atoms with van der Waals surface area (Å²) in [5.41, 5.74) is 7.44. The van der Waals surface area contributed by atoms with E-state index in [9.17, 15) is 13.6 Å². The lowest BCUT2D eigenvalue weighted by molar-refractivity contribution is -0.898. The highest BCUT2D eigenvalue weighted by Crippen LogP contribution is 2.45. The first-order valence-electron chi connectivity index (χ1n) is 11.5. The van der Waals surface area contributed by atoms with Crippen LogP contribution in [0.1, 0.15) is 29.5 Å². The predicted octanol–water partition coefficient (Wildman–Crippen LogP) is 4.64. The molecule has 0 bridgehead atoms. The van der Waals surface area contributed by atoms with E-state index >= 15 is 0 Å². The van der Waals surface area contributed by atoms with Crippen molar-refractivity contribution in [3.8, 4) is 11.8 Å². The van der Waals surface area contributed by atoms with Crippen molar-refractivity contribution in [3.63, 3.8) is 0 Å². The van der Waals surface area contributed by atoms with Crippen LogP contribution in [-0.2, 0) is 10.2 Å². The molecule has 1 amide bonds. The van der Waals surface area contributed by atoms with Gasteiger partial charge in [0.25, 0.3) is 0 Å². The second-order valence-corrected chi connectivity index (χ2v) is 9.35. The molecule has 0 saturated carbocycles. The molecule has 3 aromatic carbocycles. The number of likely N-dealkylation sites (tertiary alicyclic amines) is 1. The van der Waals surface area contributed by atoms with Crippen molar-refractivity contribution in [1.29, 1.82) is 0 Å². The first-order valence-corrected chi connectivity index (χ1v) is 11.5.